The van der Waals surface area contributed by atoms with Gasteiger partial charge in [-0.15, -0.1) is 0 Å². The van der Waals surface area contributed by atoms with E-state index in [1.807, 2.05) is 0 Å². The molecular weight excluding hydrogens is 164 g/mol. The number of carbonyl (C=O) groups excluding carboxylic acids is 1. The molecule has 13 heavy (non-hydrogen) atoms. The van der Waals surface area contributed by atoms with Crippen molar-refractivity contribution in [2.75, 3.05) is 0 Å². The number of rotatable bonds is 1. The van der Waals surface area contributed by atoms with Gasteiger partial charge in [-0.25, -0.2) is 0 Å². The number of hydrogen-bond donors (Lipinski definition) is 1. The summed E-state index contributed by atoms with van der Waals surface area (Å²) < 4.78 is 0. The summed E-state index contributed by atoms with van der Waals surface area (Å²) in [4.78, 5) is 10.7. The van der Waals surface area contributed by atoms with Crippen molar-refractivity contribution in [2.24, 2.45) is 5.41 Å². The van der Waals surface area contributed by atoms with Gasteiger partial charge in [-0.2, -0.15) is 5.10 Å². The fourth-order valence-electron chi connectivity index (χ4n) is 1.95. The van der Waals surface area contributed by atoms with Gasteiger partial charge < -0.3 is 0 Å². The zero-order chi connectivity index (χ0) is 9.47. The zero-order valence-corrected chi connectivity index (χ0v) is 8.05. The lowest BCUT2D eigenvalue weighted by Crippen LogP contribution is -2.22. The molecule has 0 aliphatic heterocycles. The Hall–Kier alpha value is -1.12. The van der Waals surface area contributed by atoms with E-state index in [9.17, 15) is 4.79 Å². The molecule has 0 spiro atoms. The highest BCUT2D eigenvalue weighted by Crippen LogP contribution is 2.34. The van der Waals surface area contributed by atoms with E-state index in [1.54, 1.807) is 0 Å². The third-order valence-electron chi connectivity index (χ3n) is 2.80. The maximum absolute atomic E-state index is 10.7. The number of hydrogen-bond acceptors (Lipinski definition) is 2. The summed E-state index contributed by atoms with van der Waals surface area (Å²) >= 11 is 0. The highest BCUT2D eigenvalue weighted by atomic mass is 16.1. The van der Waals surface area contributed by atoms with E-state index in [4.69, 9.17) is 0 Å². The lowest BCUT2D eigenvalue weighted by Gasteiger charge is -2.28. The first kappa shape index (κ1) is 8.48. The number of aryl methyl sites for hydroxylation is 1. The second-order valence-electron chi connectivity index (χ2n) is 4.52. The predicted molar refractivity (Wildman–Crippen MR) is 49.8 cm³/mol. The van der Waals surface area contributed by atoms with Crippen LogP contribution in [0.5, 0.6) is 0 Å². The van der Waals surface area contributed by atoms with Crippen LogP contribution in [0.4, 0.5) is 0 Å². The number of aldehydes is 1. The first-order valence-corrected chi connectivity index (χ1v) is 4.64. The molecule has 3 heteroatoms. The van der Waals surface area contributed by atoms with Crippen LogP contribution in [-0.4, -0.2) is 16.5 Å². The number of fused-ring (bicyclic) bond motifs is 1. The first-order chi connectivity index (χ1) is 6.12. The number of nitrogens with zero attached hydrogens (tertiary/aromatic N) is 1. The van der Waals surface area contributed by atoms with Crippen LogP contribution in [0.1, 0.15) is 42.0 Å². The number of carbonyl (C=O) groups is 1. The van der Waals surface area contributed by atoms with E-state index in [0.717, 1.165) is 30.4 Å². The van der Waals surface area contributed by atoms with E-state index >= 15 is 0 Å². The highest BCUT2D eigenvalue weighted by Gasteiger charge is 2.28. The molecule has 0 bridgehead atoms. The van der Waals surface area contributed by atoms with E-state index in [1.165, 1.54) is 6.42 Å². The van der Waals surface area contributed by atoms with Gasteiger partial charge in [-0.1, -0.05) is 13.8 Å². The molecule has 0 unspecified atom stereocenters. The maximum Gasteiger partial charge on any atom is 0.170 e. The van der Waals surface area contributed by atoms with Gasteiger partial charge in [0.15, 0.2) is 6.29 Å². The van der Waals surface area contributed by atoms with Crippen LogP contribution >= 0.6 is 0 Å². The molecule has 1 aromatic rings. The molecule has 1 aliphatic carbocycles. The summed E-state index contributed by atoms with van der Waals surface area (Å²) in [6.45, 7) is 4.47. The van der Waals surface area contributed by atoms with Crippen molar-refractivity contribution >= 4 is 6.29 Å². The molecule has 0 radical (unpaired) electrons. The minimum atomic E-state index is 0.314. The molecule has 1 aliphatic rings. The summed E-state index contributed by atoms with van der Waals surface area (Å²) in [7, 11) is 0. The third kappa shape index (κ3) is 1.39. The topological polar surface area (TPSA) is 45.8 Å². The SMILES string of the molecule is CC1(C)CCc2[nH]nc(C=O)c2C1. The maximum atomic E-state index is 10.7. The largest absolute Gasteiger partial charge is 0.296 e. The summed E-state index contributed by atoms with van der Waals surface area (Å²) in [6, 6.07) is 0. The van der Waals surface area contributed by atoms with E-state index in [2.05, 4.69) is 24.0 Å². The molecule has 1 N–H and O–H groups in total. The summed E-state index contributed by atoms with van der Waals surface area (Å²) in [5.41, 5.74) is 3.20. The molecule has 0 amide bonds. The van der Waals surface area contributed by atoms with Gasteiger partial charge in [0.25, 0.3) is 0 Å². The van der Waals surface area contributed by atoms with Gasteiger partial charge in [0, 0.05) is 11.3 Å². The van der Waals surface area contributed by atoms with Crippen LogP contribution in [-0.2, 0) is 12.8 Å². The Bertz CT molecular complexity index is 339. The Balaban J connectivity index is 2.41. The van der Waals surface area contributed by atoms with Crippen LogP contribution in [0.25, 0.3) is 0 Å². The Kier molecular flexibility index (Phi) is 1.75. The summed E-state index contributed by atoms with van der Waals surface area (Å²) in [6.07, 6.45) is 3.99. The van der Waals surface area contributed by atoms with Crippen molar-refractivity contribution in [1.29, 1.82) is 0 Å². The van der Waals surface area contributed by atoms with Crippen LogP contribution in [0, 0.1) is 5.41 Å². The van der Waals surface area contributed by atoms with Crippen LogP contribution in [0.3, 0.4) is 0 Å². The monoisotopic (exact) mass is 178 g/mol. The molecule has 0 atom stereocenters. The number of nitrogens with one attached hydrogen (secondary N) is 1. The molecule has 0 fully saturated rings. The molecule has 1 aromatic heterocycles. The minimum Gasteiger partial charge on any atom is -0.296 e. The number of aromatic amines is 1. The second-order valence-corrected chi connectivity index (χ2v) is 4.52. The van der Waals surface area contributed by atoms with Crippen molar-refractivity contribution in [2.45, 2.75) is 33.1 Å². The van der Waals surface area contributed by atoms with Crippen LogP contribution in [0.2, 0.25) is 0 Å². The first-order valence-electron chi connectivity index (χ1n) is 4.64. The Morgan fingerprint density at radius 1 is 1.54 bits per heavy atom. The van der Waals surface area contributed by atoms with E-state index < -0.39 is 0 Å². The zero-order valence-electron chi connectivity index (χ0n) is 8.05. The highest BCUT2D eigenvalue weighted by molar-refractivity contribution is 5.74. The second kappa shape index (κ2) is 2.69. The molecule has 2 rings (SSSR count). The lowest BCUT2D eigenvalue weighted by molar-refractivity contribution is 0.111. The number of aromatic nitrogens is 2. The van der Waals surface area contributed by atoms with Gasteiger partial charge >= 0.3 is 0 Å². The number of H-pyrrole nitrogens is 1. The molecular formula is C10H14N2O. The Labute approximate surface area is 77.5 Å². The summed E-state index contributed by atoms with van der Waals surface area (Å²) in [5.74, 6) is 0. The van der Waals surface area contributed by atoms with Gasteiger partial charge in [0.05, 0.1) is 0 Å². The Morgan fingerprint density at radius 2 is 2.31 bits per heavy atom. The average molecular weight is 178 g/mol. The third-order valence-corrected chi connectivity index (χ3v) is 2.80. The molecule has 3 nitrogen and oxygen atoms in total. The smallest absolute Gasteiger partial charge is 0.170 e. The van der Waals surface area contributed by atoms with Crippen molar-refractivity contribution in [3.8, 4) is 0 Å². The molecule has 0 saturated heterocycles. The average Bonchev–Trinajstić information content (AvgIpc) is 2.44. The predicted octanol–water partition coefficient (Wildman–Crippen LogP) is 1.74. The van der Waals surface area contributed by atoms with E-state index in [-0.39, 0.29) is 0 Å². The quantitative estimate of drug-likeness (QED) is 0.666. The lowest BCUT2D eigenvalue weighted by atomic mass is 9.76. The van der Waals surface area contributed by atoms with Crippen molar-refractivity contribution in [3.63, 3.8) is 0 Å². The minimum absolute atomic E-state index is 0.314. The molecule has 70 valence electrons. The summed E-state index contributed by atoms with van der Waals surface area (Å²) in [5, 5.41) is 6.92. The van der Waals surface area contributed by atoms with E-state index in [0.29, 0.717) is 11.1 Å². The van der Waals surface area contributed by atoms with Crippen molar-refractivity contribution in [1.82, 2.24) is 10.2 Å². The molecule has 0 saturated carbocycles. The fraction of sp³-hybridized carbons (Fsp3) is 0.600. The van der Waals surface area contributed by atoms with Crippen molar-refractivity contribution in [3.05, 3.63) is 17.0 Å². The molecule has 0 aromatic carbocycles. The van der Waals surface area contributed by atoms with Gasteiger partial charge in [0.1, 0.15) is 5.69 Å². The Morgan fingerprint density at radius 3 is 3.00 bits per heavy atom. The van der Waals surface area contributed by atoms with Crippen molar-refractivity contribution < 1.29 is 4.79 Å². The standard InChI is InChI=1S/C10H14N2O/c1-10(2)4-3-8-7(5-10)9(6-13)12-11-8/h6H,3-5H2,1-2H3,(H,11,12). The van der Waals surface area contributed by atoms with Gasteiger partial charge in [0.2, 0.25) is 0 Å². The van der Waals surface area contributed by atoms with Crippen LogP contribution in [0.15, 0.2) is 0 Å². The molecule has 1 heterocycles. The fourth-order valence-corrected chi connectivity index (χ4v) is 1.95. The normalized spacial score (nSPS) is 19.5. The van der Waals surface area contributed by atoms with Gasteiger partial charge in [-0.3, -0.25) is 9.89 Å². The van der Waals surface area contributed by atoms with Crippen LogP contribution < -0.4 is 0 Å². The van der Waals surface area contributed by atoms with Gasteiger partial charge in [-0.05, 0) is 24.7 Å².